The van der Waals surface area contributed by atoms with Gasteiger partial charge < -0.3 is 14.2 Å². The van der Waals surface area contributed by atoms with Crippen LogP contribution < -0.4 is 0 Å². The minimum Gasteiger partial charge on any atom is -0.462 e. The van der Waals surface area contributed by atoms with Crippen LogP contribution in [0.15, 0.2) is 109 Å². The summed E-state index contributed by atoms with van der Waals surface area (Å²) in [5.41, 5.74) is 0. The molecule has 1 unspecified atom stereocenters. The molecule has 0 aromatic rings. The van der Waals surface area contributed by atoms with Crippen molar-refractivity contribution in [3.05, 3.63) is 109 Å². The van der Waals surface area contributed by atoms with Crippen LogP contribution in [0.4, 0.5) is 0 Å². The average Bonchev–Trinajstić information content (AvgIpc) is 3.44. The molecular formula is C72H122O6. The van der Waals surface area contributed by atoms with Gasteiger partial charge in [0.15, 0.2) is 6.10 Å². The van der Waals surface area contributed by atoms with Crippen LogP contribution in [0.25, 0.3) is 0 Å². The zero-order valence-electron chi connectivity index (χ0n) is 51.2. The number of allylic oxidation sites excluding steroid dienone is 18. The van der Waals surface area contributed by atoms with Crippen LogP contribution in [0.3, 0.4) is 0 Å². The van der Waals surface area contributed by atoms with Gasteiger partial charge in [-0.1, -0.05) is 271 Å². The highest BCUT2D eigenvalue weighted by Gasteiger charge is 2.19. The first-order valence-corrected chi connectivity index (χ1v) is 32.9. The highest BCUT2D eigenvalue weighted by Crippen LogP contribution is 2.16. The Morgan fingerprint density at radius 2 is 0.500 bits per heavy atom. The molecular weight excluding hydrogens is 961 g/mol. The quantitative estimate of drug-likeness (QED) is 0.0261. The molecule has 0 N–H and O–H groups in total. The van der Waals surface area contributed by atoms with Crippen LogP contribution in [0.5, 0.6) is 0 Å². The van der Waals surface area contributed by atoms with E-state index in [0.29, 0.717) is 19.3 Å². The second-order valence-electron chi connectivity index (χ2n) is 21.6. The normalized spacial score (nSPS) is 12.8. The van der Waals surface area contributed by atoms with Gasteiger partial charge in [0.25, 0.3) is 0 Å². The Morgan fingerprint density at radius 1 is 0.269 bits per heavy atom. The molecule has 1 atom stereocenters. The van der Waals surface area contributed by atoms with Crippen molar-refractivity contribution in [1.29, 1.82) is 0 Å². The van der Waals surface area contributed by atoms with Crippen molar-refractivity contribution in [2.75, 3.05) is 13.2 Å². The lowest BCUT2D eigenvalue weighted by Crippen LogP contribution is -2.30. The second kappa shape index (κ2) is 65.6. The first kappa shape index (κ1) is 74.1. The molecule has 0 aromatic carbocycles. The molecule has 0 radical (unpaired) electrons. The molecule has 0 spiro atoms. The van der Waals surface area contributed by atoms with E-state index in [4.69, 9.17) is 14.2 Å². The van der Waals surface area contributed by atoms with E-state index in [1.54, 1.807) is 0 Å². The molecule has 0 heterocycles. The van der Waals surface area contributed by atoms with E-state index in [0.717, 1.165) is 109 Å². The van der Waals surface area contributed by atoms with Crippen LogP contribution in [0.2, 0.25) is 0 Å². The molecule has 0 aliphatic heterocycles. The average molecular weight is 1080 g/mol. The number of hydrogen-bond donors (Lipinski definition) is 0. The lowest BCUT2D eigenvalue weighted by Gasteiger charge is -2.18. The molecule has 0 amide bonds. The van der Waals surface area contributed by atoms with Gasteiger partial charge in [0.2, 0.25) is 0 Å². The molecule has 6 heteroatoms. The molecule has 0 bridgehead atoms. The summed E-state index contributed by atoms with van der Waals surface area (Å²) >= 11 is 0. The fourth-order valence-electron chi connectivity index (χ4n) is 9.06. The lowest BCUT2D eigenvalue weighted by molar-refractivity contribution is -0.167. The van der Waals surface area contributed by atoms with Crippen LogP contribution in [0, 0.1) is 0 Å². The van der Waals surface area contributed by atoms with Crippen molar-refractivity contribution in [3.8, 4) is 0 Å². The van der Waals surface area contributed by atoms with Gasteiger partial charge in [0.05, 0.1) is 0 Å². The van der Waals surface area contributed by atoms with Gasteiger partial charge in [-0.15, -0.1) is 0 Å². The Kier molecular flexibility index (Phi) is 62.3. The SMILES string of the molecule is CC/C=C\C/C=C\C/C=C\C/C=C\C/C=C\C/C=C\CCCCC(=O)OCC(COC(=O)CCCCCCCCC/C=C\C/C=C\CCCCCC)OC(=O)CCCCCCCCCCC/C=C\CCCCCCCCCC. The number of esters is 3. The Balaban J connectivity index is 4.47. The Bertz CT molecular complexity index is 1570. The number of hydrogen-bond acceptors (Lipinski definition) is 6. The molecule has 0 saturated carbocycles. The van der Waals surface area contributed by atoms with E-state index in [9.17, 15) is 14.4 Å². The Labute approximate surface area is 482 Å². The fourth-order valence-corrected chi connectivity index (χ4v) is 9.06. The van der Waals surface area contributed by atoms with E-state index in [1.807, 2.05) is 0 Å². The minimum atomic E-state index is -0.804. The summed E-state index contributed by atoms with van der Waals surface area (Å²) in [6.45, 7) is 6.49. The minimum absolute atomic E-state index is 0.0973. The summed E-state index contributed by atoms with van der Waals surface area (Å²) in [6.07, 6.45) is 89.5. The number of carbonyl (C=O) groups is 3. The largest absolute Gasteiger partial charge is 0.462 e. The lowest BCUT2D eigenvalue weighted by atomic mass is 10.1. The molecule has 78 heavy (non-hydrogen) atoms. The molecule has 0 saturated heterocycles. The number of ether oxygens (including phenoxy) is 3. The zero-order chi connectivity index (χ0) is 56.4. The maximum Gasteiger partial charge on any atom is 0.306 e. The fraction of sp³-hybridized carbons (Fsp3) is 0.708. The van der Waals surface area contributed by atoms with Gasteiger partial charge in [-0.3, -0.25) is 14.4 Å². The van der Waals surface area contributed by atoms with E-state index >= 15 is 0 Å². The third-order valence-corrected chi connectivity index (χ3v) is 14.0. The Morgan fingerprint density at radius 3 is 0.833 bits per heavy atom. The molecule has 0 rings (SSSR count). The summed E-state index contributed by atoms with van der Waals surface area (Å²) in [5.74, 6) is -0.943. The van der Waals surface area contributed by atoms with Gasteiger partial charge >= 0.3 is 17.9 Å². The van der Waals surface area contributed by atoms with Crippen molar-refractivity contribution >= 4 is 17.9 Å². The van der Waals surface area contributed by atoms with E-state index < -0.39 is 6.10 Å². The molecule has 0 aromatic heterocycles. The monoisotopic (exact) mass is 1080 g/mol. The highest BCUT2D eigenvalue weighted by atomic mass is 16.6. The van der Waals surface area contributed by atoms with Gasteiger partial charge in [0.1, 0.15) is 13.2 Å². The maximum absolute atomic E-state index is 12.9. The summed E-state index contributed by atoms with van der Waals surface area (Å²) in [6, 6.07) is 0. The van der Waals surface area contributed by atoms with Crippen LogP contribution in [-0.4, -0.2) is 37.2 Å². The number of rotatable bonds is 59. The molecule has 0 aliphatic carbocycles. The van der Waals surface area contributed by atoms with E-state index in [2.05, 4.69) is 130 Å². The third-order valence-electron chi connectivity index (χ3n) is 14.0. The summed E-state index contributed by atoms with van der Waals surface area (Å²) in [5, 5.41) is 0. The Hall–Kier alpha value is -3.93. The number of unbranched alkanes of at least 4 members (excludes halogenated alkanes) is 30. The highest BCUT2D eigenvalue weighted by molar-refractivity contribution is 5.71. The molecule has 446 valence electrons. The molecule has 0 aliphatic rings. The standard InChI is InChI=1S/C72H122O6/c1-4-7-10-13-16-19-22-25-28-31-34-36-38-41-44-47-50-53-56-59-62-65-71(74)77-68-69(67-76-70(73)64-61-58-55-52-49-46-43-40-33-30-27-24-21-18-15-12-9-6-3)78-72(75)66-63-60-57-54-51-48-45-42-39-37-35-32-29-26-23-20-17-14-11-8-5-2/h7,10,16,19,21,24-25,28,30,32-36,41,44,50,53,69H,4-6,8-9,11-15,17-18,20,22-23,26-27,29,31,37-40,42-43,45-49,51-52,54-68H2,1-3H3/b10-7-,19-16-,24-21-,28-25-,33-30-,35-32-,36-34-,44-41-,53-50-. The predicted octanol–water partition coefficient (Wildman–Crippen LogP) is 22.6. The number of carbonyl (C=O) groups excluding carboxylic acids is 3. The molecule has 6 nitrogen and oxygen atoms in total. The van der Waals surface area contributed by atoms with Crippen molar-refractivity contribution in [1.82, 2.24) is 0 Å². The van der Waals surface area contributed by atoms with Crippen LogP contribution in [-0.2, 0) is 28.6 Å². The van der Waals surface area contributed by atoms with Crippen molar-refractivity contribution in [3.63, 3.8) is 0 Å². The summed E-state index contributed by atoms with van der Waals surface area (Å²) < 4.78 is 16.9. The predicted molar refractivity (Wildman–Crippen MR) is 339 cm³/mol. The second-order valence-corrected chi connectivity index (χ2v) is 21.6. The summed E-state index contributed by atoms with van der Waals surface area (Å²) in [7, 11) is 0. The maximum atomic E-state index is 12.9. The topological polar surface area (TPSA) is 78.9 Å². The van der Waals surface area contributed by atoms with Crippen molar-refractivity contribution < 1.29 is 28.6 Å². The van der Waals surface area contributed by atoms with Crippen LogP contribution >= 0.6 is 0 Å². The van der Waals surface area contributed by atoms with Crippen molar-refractivity contribution in [2.45, 2.75) is 316 Å². The van der Waals surface area contributed by atoms with Gasteiger partial charge in [0, 0.05) is 19.3 Å². The van der Waals surface area contributed by atoms with Crippen molar-refractivity contribution in [2.24, 2.45) is 0 Å². The van der Waals surface area contributed by atoms with E-state index in [1.165, 1.54) is 161 Å². The third kappa shape index (κ3) is 62.9. The first-order chi connectivity index (χ1) is 38.5. The van der Waals surface area contributed by atoms with Gasteiger partial charge in [-0.05, 0) is 128 Å². The van der Waals surface area contributed by atoms with E-state index in [-0.39, 0.29) is 31.1 Å². The summed E-state index contributed by atoms with van der Waals surface area (Å²) in [4.78, 5) is 38.4. The van der Waals surface area contributed by atoms with Gasteiger partial charge in [-0.2, -0.15) is 0 Å². The van der Waals surface area contributed by atoms with Gasteiger partial charge in [-0.25, -0.2) is 0 Å². The van der Waals surface area contributed by atoms with Crippen LogP contribution in [0.1, 0.15) is 310 Å². The smallest absolute Gasteiger partial charge is 0.306 e. The molecule has 0 fully saturated rings. The zero-order valence-corrected chi connectivity index (χ0v) is 51.2. The first-order valence-electron chi connectivity index (χ1n) is 32.9.